The van der Waals surface area contributed by atoms with Gasteiger partial charge in [0.1, 0.15) is 12.3 Å². The summed E-state index contributed by atoms with van der Waals surface area (Å²) in [4.78, 5) is 26.4. The Hall–Kier alpha value is -3.34. The van der Waals surface area contributed by atoms with Crippen LogP contribution in [-0.2, 0) is 9.59 Å². The van der Waals surface area contributed by atoms with Gasteiger partial charge in [-0.1, -0.05) is 48.5 Å². The maximum Gasteiger partial charge on any atom is 0.268 e. The van der Waals surface area contributed by atoms with Crippen molar-refractivity contribution in [2.45, 2.75) is 13.0 Å². The molecule has 130 valence electrons. The van der Waals surface area contributed by atoms with Gasteiger partial charge in [-0.15, -0.1) is 0 Å². The van der Waals surface area contributed by atoms with Gasteiger partial charge in [0.2, 0.25) is 5.91 Å². The van der Waals surface area contributed by atoms with Crippen LogP contribution in [0.5, 0.6) is 5.75 Å². The Morgan fingerprint density at radius 1 is 1.04 bits per heavy atom. The molecule has 3 aromatic carbocycles. The van der Waals surface area contributed by atoms with Crippen molar-refractivity contribution < 1.29 is 14.3 Å². The summed E-state index contributed by atoms with van der Waals surface area (Å²) in [5, 5.41) is 4.78. The summed E-state index contributed by atoms with van der Waals surface area (Å²) in [6, 6.07) is 20.9. The van der Waals surface area contributed by atoms with Crippen LogP contribution in [0.2, 0.25) is 0 Å². The van der Waals surface area contributed by atoms with Crippen molar-refractivity contribution in [3.05, 3.63) is 66.7 Å². The third-order valence-electron chi connectivity index (χ3n) is 4.44. The standard InChI is InChI=1S/C21H18N2O3/c1-14(26-19-12-6-8-15-7-2-3-9-16(15)19)21(25)23-13-20(24)22-17-10-4-5-11-18(17)23/h2-12,14H,13H2,1H3,(H,22,24). The molecule has 0 saturated carbocycles. The smallest absolute Gasteiger partial charge is 0.268 e. The molecule has 0 aromatic heterocycles. The molecule has 26 heavy (non-hydrogen) atoms. The minimum absolute atomic E-state index is 0.0148. The molecule has 0 radical (unpaired) electrons. The number of benzene rings is 3. The first kappa shape index (κ1) is 16.1. The highest BCUT2D eigenvalue weighted by molar-refractivity contribution is 6.11. The SMILES string of the molecule is CC(Oc1cccc2ccccc12)C(=O)N1CC(=O)Nc2ccccc21. The predicted molar refractivity (Wildman–Crippen MR) is 101 cm³/mol. The van der Waals surface area contributed by atoms with Gasteiger partial charge in [-0.3, -0.25) is 14.5 Å². The van der Waals surface area contributed by atoms with Gasteiger partial charge < -0.3 is 10.1 Å². The summed E-state index contributed by atoms with van der Waals surface area (Å²) < 4.78 is 5.97. The second kappa shape index (κ2) is 6.52. The zero-order valence-electron chi connectivity index (χ0n) is 14.3. The van der Waals surface area contributed by atoms with E-state index < -0.39 is 6.10 Å². The lowest BCUT2D eigenvalue weighted by Crippen LogP contribution is -2.47. The van der Waals surface area contributed by atoms with Crippen molar-refractivity contribution in [2.75, 3.05) is 16.8 Å². The second-order valence-electron chi connectivity index (χ2n) is 6.23. The number of para-hydroxylation sites is 2. The van der Waals surface area contributed by atoms with Gasteiger partial charge in [-0.2, -0.15) is 0 Å². The Morgan fingerprint density at radius 2 is 1.77 bits per heavy atom. The number of carbonyl (C=O) groups excluding carboxylic acids is 2. The molecule has 0 spiro atoms. The fourth-order valence-corrected chi connectivity index (χ4v) is 3.19. The van der Waals surface area contributed by atoms with Crippen molar-refractivity contribution in [3.8, 4) is 5.75 Å². The minimum atomic E-state index is -0.722. The predicted octanol–water partition coefficient (Wildman–Crippen LogP) is 3.59. The number of carbonyl (C=O) groups is 2. The highest BCUT2D eigenvalue weighted by atomic mass is 16.5. The Kier molecular flexibility index (Phi) is 4.05. The molecule has 0 aliphatic carbocycles. The molecular formula is C21H18N2O3. The van der Waals surface area contributed by atoms with E-state index in [1.165, 1.54) is 4.90 Å². The van der Waals surface area contributed by atoms with Gasteiger partial charge in [0.25, 0.3) is 5.91 Å². The Bertz CT molecular complexity index is 994. The molecule has 1 N–H and O–H groups in total. The van der Waals surface area contributed by atoms with E-state index in [1.807, 2.05) is 60.7 Å². The van der Waals surface area contributed by atoms with Gasteiger partial charge in [-0.25, -0.2) is 0 Å². The fourth-order valence-electron chi connectivity index (χ4n) is 3.19. The molecule has 5 nitrogen and oxygen atoms in total. The van der Waals surface area contributed by atoms with Crippen LogP contribution in [0.15, 0.2) is 66.7 Å². The van der Waals surface area contributed by atoms with E-state index in [9.17, 15) is 9.59 Å². The molecule has 5 heteroatoms. The van der Waals surface area contributed by atoms with E-state index in [1.54, 1.807) is 13.0 Å². The van der Waals surface area contributed by atoms with Crippen LogP contribution >= 0.6 is 0 Å². The lowest BCUT2D eigenvalue weighted by molar-refractivity contribution is -0.126. The molecule has 3 aromatic rings. The van der Waals surface area contributed by atoms with Gasteiger partial charge in [-0.05, 0) is 30.5 Å². The van der Waals surface area contributed by atoms with E-state index in [2.05, 4.69) is 5.32 Å². The Morgan fingerprint density at radius 3 is 2.65 bits per heavy atom. The molecule has 0 bridgehead atoms. The van der Waals surface area contributed by atoms with E-state index >= 15 is 0 Å². The number of nitrogens with one attached hydrogen (secondary N) is 1. The van der Waals surface area contributed by atoms with Gasteiger partial charge in [0.15, 0.2) is 6.10 Å². The number of ether oxygens (including phenoxy) is 1. The Labute approximate surface area is 151 Å². The Balaban J connectivity index is 1.61. The summed E-state index contributed by atoms with van der Waals surface area (Å²) in [5.74, 6) is 0.188. The number of hydrogen-bond donors (Lipinski definition) is 1. The maximum atomic E-state index is 13.0. The van der Waals surface area contributed by atoms with Gasteiger partial charge in [0.05, 0.1) is 11.4 Å². The van der Waals surface area contributed by atoms with Crippen LogP contribution in [0.4, 0.5) is 11.4 Å². The van der Waals surface area contributed by atoms with Crippen LogP contribution < -0.4 is 15.0 Å². The normalized spacial score (nSPS) is 14.5. The van der Waals surface area contributed by atoms with Gasteiger partial charge >= 0.3 is 0 Å². The molecule has 0 saturated heterocycles. The van der Waals surface area contributed by atoms with E-state index in [0.717, 1.165) is 10.8 Å². The second-order valence-corrected chi connectivity index (χ2v) is 6.23. The first-order chi connectivity index (χ1) is 12.6. The van der Waals surface area contributed by atoms with Crippen molar-refractivity contribution >= 4 is 34.0 Å². The lowest BCUT2D eigenvalue weighted by atomic mass is 10.1. The molecule has 1 aliphatic rings. The van der Waals surface area contributed by atoms with Crippen LogP contribution in [-0.4, -0.2) is 24.5 Å². The zero-order valence-corrected chi connectivity index (χ0v) is 14.3. The summed E-state index contributed by atoms with van der Waals surface area (Å²) >= 11 is 0. The number of rotatable bonds is 3. The van der Waals surface area contributed by atoms with Crippen molar-refractivity contribution in [1.82, 2.24) is 0 Å². The molecule has 1 aliphatic heterocycles. The molecule has 1 unspecified atom stereocenters. The molecule has 1 heterocycles. The van der Waals surface area contributed by atoms with E-state index in [-0.39, 0.29) is 18.4 Å². The number of nitrogens with zero attached hydrogens (tertiary/aromatic N) is 1. The van der Waals surface area contributed by atoms with Crippen LogP contribution in [0.3, 0.4) is 0 Å². The number of anilines is 2. The minimum Gasteiger partial charge on any atom is -0.480 e. The maximum absolute atomic E-state index is 13.0. The number of hydrogen-bond acceptors (Lipinski definition) is 3. The van der Waals surface area contributed by atoms with Crippen LogP contribution in [0.1, 0.15) is 6.92 Å². The summed E-state index contributed by atoms with van der Waals surface area (Å²) in [6.45, 7) is 1.69. The van der Waals surface area contributed by atoms with Crippen molar-refractivity contribution in [1.29, 1.82) is 0 Å². The quantitative estimate of drug-likeness (QED) is 0.788. The average Bonchev–Trinajstić information content (AvgIpc) is 2.67. The first-order valence-electron chi connectivity index (χ1n) is 8.48. The van der Waals surface area contributed by atoms with E-state index in [4.69, 9.17) is 4.74 Å². The third-order valence-corrected chi connectivity index (χ3v) is 4.44. The number of fused-ring (bicyclic) bond motifs is 2. The molecule has 4 rings (SSSR count). The topological polar surface area (TPSA) is 58.6 Å². The summed E-state index contributed by atoms with van der Waals surface area (Å²) in [6.07, 6.45) is -0.722. The lowest BCUT2D eigenvalue weighted by Gasteiger charge is -2.31. The third kappa shape index (κ3) is 2.88. The fraction of sp³-hybridized carbons (Fsp3) is 0.143. The van der Waals surface area contributed by atoms with Gasteiger partial charge in [0, 0.05) is 5.39 Å². The first-order valence-corrected chi connectivity index (χ1v) is 8.48. The van der Waals surface area contributed by atoms with Crippen molar-refractivity contribution in [2.24, 2.45) is 0 Å². The molecular weight excluding hydrogens is 328 g/mol. The van der Waals surface area contributed by atoms with Crippen molar-refractivity contribution in [3.63, 3.8) is 0 Å². The average molecular weight is 346 g/mol. The highest BCUT2D eigenvalue weighted by Gasteiger charge is 2.30. The summed E-state index contributed by atoms with van der Waals surface area (Å²) in [5.41, 5.74) is 1.32. The largest absolute Gasteiger partial charge is 0.480 e. The van der Waals surface area contributed by atoms with E-state index in [0.29, 0.717) is 17.1 Å². The molecule has 1 atom stereocenters. The molecule has 2 amide bonds. The molecule has 0 fully saturated rings. The monoisotopic (exact) mass is 346 g/mol. The van der Waals surface area contributed by atoms with Crippen LogP contribution in [0.25, 0.3) is 10.8 Å². The summed E-state index contributed by atoms with van der Waals surface area (Å²) in [7, 11) is 0. The zero-order chi connectivity index (χ0) is 18.1. The highest BCUT2D eigenvalue weighted by Crippen LogP contribution is 2.31. The number of amides is 2. The van der Waals surface area contributed by atoms with Crippen LogP contribution in [0, 0.1) is 0 Å².